The van der Waals surface area contributed by atoms with E-state index < -0.39 is 18.0 Å². The molecule has 0 aliphatic rings. The monoisotopic (exact) mass is 567 g/mol. The first-order valence-electron chi connectivity index (χ1n) is 17.2. The van der Waals surface area contributed by atoms with Crippen LogP contribution in [-0.4, -0.2) is 35.6 Å². The summed E-state index contributed by atoms with van der Waals surface area (Å²) in [6.07, 6.45) is 30.9. The van der Waals surface area contributed by atoms with Gasteiger partial charge in [0.25, 0.3) is 0 Å². The number of unbranched alkanes of at least 4 members (excludes halogenated alkanes) is 23. The molecule has 236 valence electrons. The zero-order valence-corrected chi connectivity index (χ0v) is 26.5. The lowest BCUT2D eigenvalue weighted by molar-refractivity contribution is -0.150. The molecule has 6 nitrogen and oxygen atoms in total. The number of hydrogen-bond donors (Lipinski definition) is 2. The Balaban J connectivity index is 3.67. The number of hydrogen-bond acceptors (Lipinski definition) is 4. The van der Waals surface area contributed by atoms with Gasteiger partial charge < -0.3 is 15.2 Å². The molecule has 0 bridgehead atoms. The Kier molecular flexibility index (Phi) is 29.2. The first kappa shape index (κ1) is 38.4. The molecule has 40 heavy (non-hydrogen) atoms. The number of rotatable bonds is 31. The minimum Gasteiger partial charge on any atom is -0.480 e. The fourth-order valence-corrected chi connectivity index (χ4v) is 5.12. The second-order valence-electron chi connectivity index (χ2n) is 11.8. The zero-order chi connectivity index (χ0) is 29.5. The summed E-state index contributed by atoms with van der Waals surface area (Å²) in [5.74, 6) is -2.05. The van der Waals surface area contributed by atoms with Crippen molar-refractivity contribution in [1.29, 1.82) is 0 Å². The fourth-order valence-electron chi connectivity index (χ4n) is 5.12. The average Bonchev–Trinajstić information content (AvgIpc) is 2.93. The molecule has 0 saturated carbocycles. The van der Waals surface area contributed by atoms with Crippen LogP contribution in [0.25, 0.3) is 0 Å². The van der Waals surface area contributed by atoms with E-state index in [1.807, 2.05) is 0 Å². The van der Waals surface area contributed by atoms with Crippen molar-refractivity contribution in [2.24, 2.45) is 0 Å². The molecule has 2 N–H and O–H groups in total. The van der Waals surface area contributed by atoms with Gasteiger partial charge in [-0.3, -0.25) is 9.59 Å². The maximum Gasteiger partial charge on any atom is 0.326 e. The number of carbonyl (C=O) groups is 3. The van der Waals surface area contributed by atoms with Crippen LogP contribution in [0.15, 0.2) is 0 Å². The minimum absolute atomic E-state index is 0.301. The van der Waals surface area contributed by atoms with Crippen LogP contribution in [0.2, 0.25) is 0 Å². The molecule has 0 unspecified atom stereocenters. The van der Waals surface area contributed by atoms with Gasteiger partial charge in [-0.1, -0.05) is 162 Å². The second kappa shape index (κ2) is 30.4. The molecule has 1 amide bonds. The molecule has 1 atom stereocenters. The molecule has 0 aliphatic carbocycles. The zero-order valence-electron chi connectivity index (χ0n) is 26.5. The summed E-state index contributed by atoms with van der Waals surface area (Å²) in [6, 6.07) is -1.22. The number of esters is 1. The molecule has 0 aromatic carbocycles. The molecule has 0 rings (SSSR count). The number of carbonyl (C=O) groups excluding carboxylic acids is 2. The average molecular weight is 568 g/mol. The molecule has 6 heteroatoms. The van der Waals surface area contributed by atoms with Gasteiger partial charge in [0.05, 0.1) is 13.0 Å². The van der Waals surface area contributed by atoms with Crippen LogP contribution in [0.5, 0.6) is 0 Å². The van der Waals surface area contributed by atoms with Crippen molar-refractivity contribution in [2.75, 3.05) is 6.61 Å². The summed E-state index contributed by atoms with van der Waals surface area (Å²) in [6.45, 7) is 4.80. The van der Waals surface area contributed by atoms with Crippen molar-refractivity contribution in [1.82, 2.24) is 5.32 Å². The maximum atomic E-state index is 12.2. The molecule has 0 aliphatic heterocycles. The third kappa shape index (κ3) is 28.0. The first-order valence-corrected chi connectivity index (χ1v) is 17.2. The minimum atomic E-state index is -1.22. The first-order chi connectivity index (χ1) is 19.5. The lowest BCUT2D eigenvalue weighted by Gasteiger charge is -2.14. The lowest BCUT2D eigenvalue weighted by atomic mass is 10.0. The lowest BCUT2D eigenvalue weighted by Crippen LogP contribution is -2.42. The maximum absolute atomic E-state index is 12.2. The second-order valence-corrected chi connectivity index (χ2v) is 11.8. The number of carboxylic acid groups (broad SMARTS) is 1. The highest BCUT2D eigenvalue weighted by atomic mass is 16.5. The van der Waals surface area contributed by atoms with E-state index in [9.17, 15) is 19.5 Å². The van der Waals surface area contributed by atoms with E-state index >= 15 is 0 Å². The van der Waals surface area contributed by atoms with E-state index in [4.69, 9.17) is 4.74 Å². The number of ether oxygens (including phenoxy) is 1. The van der Waals surface area contributed by atoms with Crippen LogP contribution >= 0.6 is 0 Å². The third-order valence-corrected chi connectivity index (χ3v) is 7.77. The Hall–Kier alpha value is -1.59. The summed E-state index contributed by atoms with van der Waals surface area (Å²) < 4.78 is 5.21. The summed E-state index contributed by atoms with van der Waals surface area (Å²) in [7, 11) is 0. The molecule has 0 fully saturated rings. The van der Waals surface area contributed by atoms with E-state index in [1.165, 1.54) is 122 Å². The van der Waals surface area contributed by atoms with Gasteiger partial charge in [0.2, 0.25) is 5.91 Å². The van der Waals surface area contributed by atoms with E-state index in [-0.39, 0.29) is 12.3 Å². The molecular formula is C34H65NO5. The molecule has 0 heterocycles. The number of nitrogens with one attached hydrogen (secondary N) is 1. The van der Waals surface area contributed by atoms with Gasteiger partial charge in [0.1, 0.15) is 6.04 Å². The predicted molar refractivity (Wildman–Crippen MR) is 167 cm³/mol. The molecule has 0 spiro atoms. The van der Waals surface area contributed by atoms with E-state index in [0.29, 0.717) is 13.0 Å². The quantitative estimate of drug-likeness (QED) is 0.0642. The van der Waals surface area contributed by atoms with Gasteiger partial charge >= 0.3 is 11.9 Å². The van der Waals surface area contributed by atoms with Crippen LogP contribution in [0, 0.1) is 0 Å². The third-order valence-electron chi connectivity index (χ3n) is 7.77. The fraction of sp³-hybridized carbons (Fsp3) is 0.912. The van der Waals surface area contributed by atoms with Crippen molar-refractivity contribution in [2.45, 2.75) is 193 Å². The number of aliphatic carboxylic acids is 1. The Morgan fingerprint density at radius 2 is 0.900 bits per heavy atom. The predicted octanol–water partition coefficient (Wildman–Crippen LogP) is 9.67. The van der Waals surface area contributed by atoms with Gasteiger partial charge in [-0.25, -0.2) is 4.79 Å². The standard InChI is InChI=1S/C34H65NO5/c1-3-5-7-9-11-13-15-16-17-18-19-20-22-24-26-28-32(36)35-31(34(38)39)30-33(37)40-29-27-25-23-21-14-12-10-8-6-4-2/h31H,3-30H2,1-2H3,(H,35,36)(H,38,39)/t31-/m0/s1. The Labute approximate surface area is 247 Å². The van der Waals surface area contributed by atoms with Gasteiger partial charge in [0, 0.05) is 6.42 Å². The topological polar surface area (TPSA) is 92.7 Å². The molecule has 0 aromatic heterocycles. The van der Waals surface area contributed by atoms with Crippen LogP contribution < -0.4 is 5.32 Å². The van der Waals surface area contributed by atoms with Gasteiger partial charge in [0.15, 0.2) is 0 Å². The van der Waals surface area contributed by atoms with E-state index in [1.54, 1.807) is 0 Å². The van der Waals surface area contributed by atoms with Gasteiger partial charge in [-0.2, -0.15) is 0 Å². The van der Waals surface area contributed by atoms with Crippen molar-refractivity contribution in [3.05, 3.63) is 0 Å². The Morgan fingerprint density at radius 3 is 1.27 bits per heavy atom. The van der Waals surface area contributed by atoms with Gasteiger partial charge in [-0.05, 0) is 12.8 Å². The van der Waals surface area contributed by atoms with Crippen molar-refractivity contribution in [3.8, 4) is 0 Å². The Morgan fingerprint density at radius 1 is 0.550 bits per heavy atom. The van der Waals surface area contributed by atoms with Crippen LogP contribution in [0.3, 0.4) is 0 Å². The van der Waals surface area contributed by atoms with Crippen LogP contribution in [0.1, 0.15) is 187 Å². The molecular weight excluding hydrogens is 502 g/mol. The normalized spacial score (nSPS) is 11.8. The number of amides is 1. The highest BCUT2D eigenvalue weighted by molar-refractivity contribution is 5.87. The molecule has 0 aromatic rings. The molecule has 0 saturated heterocycles. The van der Waals surface area contributed by atoms with Crippen LogP contribution in [0.4, 0.5) is 0 Å². The highest BCUT2D eigenvalue weighted by Gasteiger charge is 2.23. The largest absolute Gasteiger partial charge is 0.480 e. The van der Waals surface area contributed by atoms with Crippen molar-refractivity contribution >= 4 is 17.8 Å². The van der Waals surface area contributed by atoms with Crippen LogP contribution in [-0.2, 0) is 19.1 Å². The Bertz CT molecular complexity index is 595. The summed E-state index contributed by atoms with van der Waals surface area (Å²) in [4.78, 5) is 35.8. The molecule has 0 radical (unpaired) electrons. The number of carboxylic acids is 1. The van der Waals surface area contributed by atoms with Gasteiger partial charge in [-0.15, -0.1) is 0 Å². The van der Waals surface area contributed by atoms with E-state index in [0.717, 1.165) is 38.5 Å². The smallest absolute Gasteiger partial charge is 0.326 e. The SMILES string of the molecule is CCCCCCCCCCCCCCCCCC(=O)N[C@@H](CC(=O)OCCCCCCCCCCCC)C(=O)O. The highest BCUT2D eigenvalue weighted by Crippen LogP contribution is 2.14. The summed E-state index contributed by atoms with van der Waals surface area (Å²) >= 11 is 0. The summed E-state index contributed by atoms with van der Waals surface area (Å²) in [5, 5.41) is 11.9. The van der Waals surface area contributed by atoms with Crippen molar-refractivity contribution < 1.29 is 24.2 Å². The van der Waals surface area contributed by atoms with Crippen molar-refractivity contribution in [3.63, 3.8) is 0 Å². The summed E-state index contributed by atoms with van der Waals surface area (Å²) in [5.41, 5.74) is 0. The van der Waals surface area contributed by atoms with E-state index in [2.05, 4.69) is 19.2 Å².